The highest BCUT2D eigenvalue weighted by molar-refractivity contribution is 7.17. The summed E-state index contributed by atoms with van der Waals surface area (Å²) in [6.07, 6.45) is 1.03. The number of halogens is 1. The lowest BCUT2D eigenvalue weighted by Gasteiger charge is -2.17. The number of hydrogen-bond donors (Lipinski definition) is 1. The van der Waals surface area contributed by atoms with Gasteiger partial charge in [-0.2, -0.15) is 0 Å². The highest BCUT2D eigenvalue weighted by atomic mass is 32.1. The van der Waals surface area contributed by atoms with Crippen molar-refractivity contribution in [3.63, 3.8) is 0 Å². The van der Waals surface area contributed by atoms with Crippen LogP contribution in [0.4, 0.5) is 4.39 Å². The molecule has 3 heteroatoms. The van der Waals surface area contributed by atoms with Gasteiger partial charge in [-0.3, -0.25) is 0 Å². The number of fused-ring (bicyclic) bond motifs is 1. The summed E-state index contributed by atoms with van der Waals surface area (Å²) in [5, 5.41) is 6.58. The Morgan fingerprint density at radius 3 is 2.74 bits per heavy atom. The molecule has 1 aromatic heterocycles. The fraction of sp³-hybridized carbons (Fsp3) is 0.200. The van der Waals surface area contributed by atoms with Crippen LogP contribution < -0.4 is 5.32 Å². The van der Waals surface area contributed by atoms with Gasteiger partial charge in [0.2, 0.25) is 0 Å². The fourth-order valence-corrected chi connectivity index (χ4v) is 3.53. The molecule has 0 aliphatic carbocycles. The minimum absolute atomic E-state index is 0.195. The first-order valence-electron chi connectivity index (χ1n) is 7.82. The van der Waals surface area contributed by atoms with Gasteiger partial charge in [0.15, 0.2) is 0 Å². The van der Waals surface area contributed by atoms with Crippen molar-refractivity contribution in [1.29, 1.82) is 0 Å². The summed E-state index contributed by atoms with van der Waals surface area (Å²) in [5.74, 6) is -0.195. The minimum atomic E-state index is -0.195. The molecule has 1 atom stereocenters. The van der Waals surface area contributed by atoms with Crippen LogP contribution in [0.3, 0.4) is 0 Å². The summed E-state index contributed by atoms with van der Waals surface area (Å²) in [6.45, 7) is 8.43. The Hall–Kier alpha value is -2.13. The van der Waals surface area contributed by atoms with Crippen molar-refractivity contribution in [2.24, 2.45) is 0 Å². The zero-order valence-electron chi connectivity index (χ0n) is 13.4. The molecule has 118 valence electrons. The molecule has 0 saturated heterocycles. The van der Waals surface area contributed by atoms with Gasteiger partial charge in [0.25, 0.3) is 0 Å². The monoisotopic (exact) mass is 325 g/mol. The molecule has 1 nitrogen and oxygen atoms in total. The molecular weight excluding hydrogens is 305 g/mol. The summed E-state index contributed by atoms with van der Waals surface area (Å²) in [6, 6.07) is 13.5. The van der Waals surface area contributed by atoms with Gasteiger partial charge in [0.05, 0.1) is 0 Å². The van der Waals surface area contributed by atoms with E-state index in [4.69, 9.17) is 0 Å². The number of thiophene rings is 1. The van der Waals surface area contributed by atoms with Crippen molar-refractivity contribution in [3.05, 3.63) is 65.8 Å². The summed E-state index contributed by atoms with van der Waals surface area (Å²) >= 11 is 1.64. The third-order valence-corrected chi connectivity index (χ3v) is 5.06. The predicted octanol–water partition coefficient (Wildman–Crippen LogP) is 6.07. The lowest BCUT2D eigenvalue weighted by atomic mass is 9.99. The van der Waals surface area contributed by atoms with Gasteiger partial charge in [0.1, 0.15) is 5.82 Å². The zero-order valence-corrected chi connectivity index (χ0v) is 14.2. The van der Waals surface area contributed by atoms with Crippen LogP contribution in [0.5, 0.6) is 0 Å². The van der Waals surface area contributed by atoms with Crippen LogP contribution in [-0.2, 0) is 0 Å². The Kier molecular flexibility index (Phi) is 4.49. The highest BCUT2D eigenvalue weighted by Crippen LogP contribution is 2.36. The van der Waals surface area contributed by atoms with Gasteiger partial charge in [-0.1, -0.05) is 31.7 Å². The van der Waals surface area contributed by atoms with E-state index in [1.54, 1.807) is 17.4 Å². The van der Waals surface area contributed by atoms with E-state index in [1.807, 2.05) is 23.6 Å². The lowest BCUT2D eigenvalue weighted by molar-refractivity contribution is 0.630. The Balaban J connectivity index is 2.12. The number of rotatable bonds is 5. The highest BCUT2D eigenvalue weighted by Gasteiger charge is 2.13. The minimum Gasteiger partial charge on any atom is -0.383 e. The van der Waals surface area contributed by atoms with Crippen LogP contribution in [0.25, 0.3) is 26.9 Å². The summed E-state index contributed by atoms with van der Waals surface area (Å²) in [5.41, 5.74) is 3.45. The second-order valence-corrected chi connectivity index (χ2v) is 6.69. The summed E-state index contributed by atoms with van der Waals surface area (Å²) in [7, 11) is 0. The van der Waals surface area contributed by atoms with Gasteiger partial charge in [-0.05, 0) is 53.9 Å². The molecule has 3 aromatic rings. The van der Waals surface area contributed by atoms with Gasteiger partial charge in [-0.25, -0.2) is 4.39 Å². The van der Waals surface area contributed by atoms with Gasteiger partial charge < -0.3 is 5.32 Å². The van der Waals surface area contributed by atoms with Crippen molar-refractivity contribution in [1.82, 2.24) is 5.32 Å². The second-order valence-electron chi connectivity index (χ2n) is 5.77. The molecule has 0 fully saturated rings. The fourth-order valence-electron chi connectivity index (χ4n) is 2.62. The maximum atomic E-state index is 14.3. The molecule has 1 unspecified atom stereocenters. The number of benzene rings is 2. The lowest BCUT2D eigenvalue weighted by Crippen LogP contribution is -2.22. The molecule has 0 spiro atoms. The molecule has 0 radical (unpaired) electrons. The molecule has 0 aliphatic rings. The smallest absolute Gasteiger partial charge is 0.131 e. The van der Waals surface area contributed by atoms with E-state index in [0.717, 1.165) is 33.3 Å². The van der Waals surface area contributed by atoms with E-state index in [2.05, 4.69) is 37.9 Å². The summed E-state index contributed by atoms with van der Waals surface area (Å²) in [4.78, 5) is 0. The molecule has 0 bridgehead atoms. The van der Waals surface area contributed by atoms with Crippen LogP contribution >= 0.6 is 11.3 Å². The van der Waals surface area contributed by atoms with Crippen LogP contribution in [0.1, 0.15) is 25.8 Å². The maximum Gasteiger partial charge on any atom is 0.131 e. The number of nitrogens with one attached hydrogen (secondary N) is 1. The van der Waals surface area contributed by atoms with Crippen molar-refractivity contribution >= 4 is 27.1 Å². The van der Waals surface area contributed by atoms with E-state index in [0.29, 0.717) is 11.6 Å². The third-order valence-electron chi connectivity index (χ3n) is 4.10. The topological polar surface area (TPSA) is 12.0 Å². The first-order valence-corrected chi connectivity index (χ1v) is 8.70. The SMILES string of the molecule is C=C(NC(C)CC)c1cc(-c2ccccc2F)c2sccc2c1. The molecule has 3 rings (SSSR count). The van der Waals surface area contributed by atoms with E-state index in [1.165, 1.54) is 6.07 Å². The Labute approximate surface area is 140 Å². The third kappa shape index (κ3) is 3.15. The molecular formula is C20H20FNS. The van der Waals surface area contributed by atoms with Crippen molar-refractivity contribution in [3.8, 4) is 11.1 Å². The normalized spacial score (nSPS) is 12.3. The molecule has 1 heterocycles. The van der Waals surface area contributed by atoms with Gasteiger partial charge >= 0.3 is 0 Å². The van der Waals surface area contributed by atoms with E-state index in [9.17, 15) is 4.39 Å². The molecule has 0 aliphatic heterocycles. The zero-order chi connectivity index (χ0) is 16.4. The van der Waals surface area contributed by atoms with E-state index < -0.39 is 0 Å². The average Bonchev–Trinajstić information content (AvgIpc) is 3.02. The largest absolute Gasteiger partial charge is 0.383 e. The standard InChI is InChI=1S/C20H20FNS/c1-4-13(2)22-14(3)16-11-15-9-10-23-20(15)18(12-16)17-7-5-6-8-19(17)21/h5-13,22H,3-4H2,1-2H3. The molecule has 0 saturated carbocycles. The predicted molar refractivity (Wildman–Crippen MR) is 99.1 cm³/mol. The maximum absolute atomic E-state index is 14.3. The van der Waals surface area contributed by atoms with Gasteiger partial charge in [-0.15, -0.1) is 11.3 Å². The average molecular weight is 325 g/mol. The van der Waals surface area contributed by atoms with Crippen molar-refractivity contribution in [2.45, 2.75) is 26.3 Å². The number of hydrogen-bond acceptors (Lipinski definition) is 2. The first kappa shape index (κ1) is 15.8. The van der Waals surface area contributed by atoms with Crippen LogP contribution in [-0.4, -0.2) is 6.04 Å². The van der Waals surface area contributed by atoms with E-state index >= 15 is 0 Å². The van der Waals surface area contributed by atoms with Crippen molar-refractivity contribution < 1.29 is 4.39 Å². The van der Waals surface area contributed by atoms with E-state index in [-0.39, 0.29) is 5.82 Å². The second kappa shape index (κ2) is 6.55. The quantitative estimate of drug-likeness (QED) is 0.600. The van der Waals surface area contributed by atoms with Crippen LogP contribution in [0.15, 0.2) is 54.4 Å². The molecule has 23 heavy (non-hydrogen) atoms. The Morgan fingerprint density at radius 1 is 1.22 bits per heavy atom. The summed E-state index contributed by atoms with van der Waals surface area (Å²) < 4.78 is 15.4. The Morgan fingerprint density at radius 2 is 2.00 bits per heavy atom. The molecule has 1 N–H and O–H groups in total. The Bertz CT molecular complexity index is 850. The molecule has 2 aromatic carbocycles. The first-order chi connectivity index (χ1) is 11.1. The van der Waals surface area contributed by atoms with Crippen LogP contribution in [0, 0.1) is 5.82 Å². The van der Waals surface area contributed by atoms with Crippen LogP contribution in [0.2, 0.25) is 0 Å². The van der Waals surface area contributed by atoms with Gasteiger partial charge in [0, 0.05) is 27.6 Å². The molecule has 0 amide bonds. The van der Waals surface area contributed by atoms with Crippen molar-refractivity contribution in [2.75, 3.05) is 0 Å².